The van der Waals surface area contributed by atoms with Crippen molar-refractivity contribution in [2.75, 3.05) is 10.6 Å². The van der Waals surface area contributed by atoms with E-state index in [1.807, 2.05) is 31.2 Å². The summed E-state index contributed by atoms with van der Waals surface area (Å²) in [7, 11) is 0. The second kappa shape index (κ2) is 5.56. The molecule has 0 saturated heterocycles. The van der Waals surface area contributed by atoms with E-state index >= 15 is 0 Å². The zero-order valence-corrected chi connectivity index (χ0v) is 12.3. The molecule has 5 N–H and O–H groups in total. The molecular weight excluding hydrogens is 298 g/mol. The number of rotatable bonds is 3. The van der Waals surface area contributed by atoms with Gasteiger partial charge in [0.15, 0.2) is 0 Å². The molecule has 0 bridgehead atoms. The summed E-state index contributed by atoms with van der Waals surface area (Å²) in [5.74, 6) is -1.87. The van der Waals surface area contributed by atoms with Crippen molar-refractivity contribution in [3.05, 3.63) is 45.7 Å². The van der Waals surface area contributed by atoms with E-state index in [1.165, 1.54) is 0 Å². The van der Waals surface area contributed by atoms with Crippen LogP contribution < -0.4 is 21.9 Å². The Balaban J connectivity index is 1.99. The summed E-state index contributed by atoms with van der Waals surface area (Å²) in [6.45, 7) is 1.96. The third kappa shape index (κ3) is 2.91. The fraction of sp³-hybridized carbons (Fsp3) is 0.200. The largest absolute Gasteiger partial charge is 0.369 e. The summed E-state index contributed by atoms with van der Waals surface area (Å²) in [4.78, 5) is 42.1. The van der Waals surface area contributed by atoms with Gasteiger partial charge in [0.25, 0.3) is 5.56 Å². The van der Waals surface area contributed by atoms with E-state index in [0.717, 1.165) is 11.3 Å². The first kappa shape index (κ1) is 14.8. The van der Waals surface area contributed by atoms with Crippen LogP contribution in [0.2, 0.25) is 0 Å². The molecule has 0 spiro atoms. The summed E-state index contributed by atoms with van der Waals surface area (Å²) < 4.78 is 0. The average molecular weight is 313 g/mol. The van der Waals surface area contributed by atoms with Crippen molar-refractivity contribution in [1.82, 2.24) is 9.97 Å². The van der Waals surface area contributed by atoms with Crippen LogP contribution >= 0.6 is 0 Å². The number of benzene rings is 1. The van der Waals surface area contributed by atoms with E-state index in [0.29, 0.717) is 0 Å². The third-order valence-electron chi connectivity index (χ3n) is 3.61. The molecule has 2 amide bonds. The highest BCUT2D eigenvalue weighted by Gasteiger charge is 2.33. The monoisotopic (exact) mass is 313 g/mol. The highest BCUT2D eigenvalue weighted by atomic mass is 16.2. The predicted molar refractivity (Wildman–Crippen MR) is 84.5 cm³/mol. The van der Waals surface area contributed by atoms with E-state index in [9.17, 15) is 14.4 Å². The Morgan fingerprint density at radius 2 is 2.00 bits per heavy atom. The van der Waals surface area contributed by atoms with Crippen LogP contribution in [0.1, 0.15) is 23.5 Å². The SMILES string of the molecule is Cc1ccc(Nc2nc3c(c(=O)[nH]2)[C@@H](C(N)=O)CC(=O)N3)cc1. The van der Waals surface area contributed by atoms with E-state index in [1.54, 1.807) is 0 Å². The van der Waals surface area contributed by atoms with Gasteiger partial charge in [0.2, 0.25) is 17.8 Å². The number of nitrogens with two attached hydrogens (primary N) is 1. The Morgan fingerprint density at radius 3 is 2.65 bits per heavy atom. The maximum absolute atomic E-state index is 12.3. The number of aryl methyl sites for hydroxylation is 1. The van der Waals surface area contributed by atoms with E-state index in [-0.39, 0.29) is 23.8 Å². The van der Waals surface area contributed by atoms with Gasteiger partial charge < -0.3 is 16.4 Å². The van der Waals surface area contributed by atoms with Crippen molar-refractivity contribution in [2.45, 2.75) is 19.3 Å². The standard InChI is InChI=1S/C15H15N5O3/c1-7-2-4-8(5-3-7)17-15-19-13-11(14(23)20-15)9(12(16)22)6-10(21)18-13/h2-5,9H,6H2,1H3,(H2,16,22)(H3,17,18,19,20,21,23)/t9-/m0/s1. The highest BCUT2D eigenvalue weighted by molar-refractivity contribution is 5.99. The number of fused-ring (bicyclic) bond motifs is 1. The Bertz CT molecular complexity index is 841. The summed E-state index contributed by atoms with van der Waals surface area (Å²) in [6.07, 6.45) is -0.155. The average Bonchev–Trinajstić information content (AvgIpc) is 2.48. The molecular formula is C15H15N5O3. The van der Waals surface area contributed by atoms with Crippen LogP contribution in [0.25, 0.3) is 0 Å². The lowest BCUT2D eigenvalue weighted by Crippen LogP contribution is -2.36. The number of nitrogens with zero attached hydrogens (tertiary/aromatic N) is 1. The van der Waals surface area contributed by atoms with Crippen LogP contribution in [0.5, 0.6) is 0 Å². The molecule has 1 aliphatic heterocycles. The van der Waals surface area contributed by atoms with Crippen molar-refractivity contribution in [3.63, 3.8) is 0 Å². The molecule has 118 valence electrons. The maximum atomic E-state index is 12.3. The molecule has 0 unspecified atom stereocenters. The molecule has 2 aromatic rings. The van der Waals surface area contributed by atoms with E-state index in [4.69, 9.17) is 5.73 Å². The molecule has 3 rings (SSSR count). The molecule has 8 nitrogen and oxygen atoms in total. The summed E-state index contributed by atoms with van der Waals surface area (Å²) >= 11 is 0. The number of carbonyl (C=O) groups excluding carboxylic acids is 2. The van der Waals surface area contributed by atoms with Crippen LogP contribution in [0.15, 0.2) is 29.1 Å². The van der Waals surface area contributed by atoms with Crippen LogP contribution in [0, 0.1) is 6.92 Å². The number of aromatic nitrogens is 2. The molecule has 1 atom stereocenters. The smallest absolute Gasteiger partial charge is 0.258 e. The molecule has 2 heterocycles. The van der Waals surface area contributed by atoms with Gasteiger partial charge in [-0.3, -0.25) is 19.4 Å². The Hall–Kier alpha value is -3.16. The highest BCUT2D eigenvalue weighted by Crippen LogP contribution is 2.28. The Labute approximate surface area is 131 Å². The lowest BCUT2D eigenvalue weighted by molar-refractivity contribution is -0.124. The molecule has 8 heteroatoms. The van der Waals surface area contributed by atoms with E-state index in [2.05, 4.69) is 20.6 Å². The Morgan fingerprint density at radius 1 is 1.30 bits per heavy atom. The van der Waals surface area contributed by atoms with Gasteiger partial charge in [-0.15, -0.1) is 0 Å². The number of aromatic amines is 1. The number of carbonyl (C=O) groups is 2. The van der Waals surface area contributed by atoms with Crippen molar-refractivity contribution >= 4 is 29.3 Å². The first-order valence-corrected chi connectivity index (χ1v) is 7.01. The number of amides is 2. The second-order valence-corrected chi connectivity index (χ2v) is 5.38. The second-order valence-electron chi connectivity index (χ2n) is 5.38. The fourth-order valence-electron chi connectivity index (χ4n) is 2.45. The lowest BCUT2D eigenvalue weighted by Gasteiger charge is -2.21. The number of anilines is 3. The van der Waals surface area contributed by atoms with Gasteiger partial charge in [-0.1, -0.05) is 17.7 Å². The summed E-state index contributed by atoms with van der Waals surface area (Å²) in [5.41, 5.74) is 6.68. The molecule has 1 aromatic heterocycles. The zero-order valence-electron chi connectivity index (χ0n) is 12.3. The topological polar surface area (TPSA) is 130 Å². The molecule has 0 aliphatic carbocycles. The Kier molecular flexibility index (Phi) is 3.57. The predicted octanol–water partition coefficient (Wildman–Crippen LogP) is 0.733. The number of nitrogens with one attached hydrogen (secondary N) is 3. The fourth-order valence-corrected chi connectivity index (χ4v) is 2.45. The molecule has 0 saturated carbocycles. The van der Waals surface area contributed by atoms with Crippen LogP contribution in [0.4, 0.5) is 17.5 Å². The normalized spacial score (nSPS) is 16.4. The van der Waals surface area contributed by atoms with Crippen molar-refractivity contribution < 1.29 is 9.59 Å². The maximum Gasteiger partial charge on any atom is 0.258 e. The lowest BCUT2D eigenvalue weighted by atomic mass is 9.93. The van der Waals surface area contributed by atoms with Gasteiger partial charge in [-0.25, -0.2) is 0 Å². The third-order valence-corrected chi connectivity index (χ3v) is 3.61. The van der Waals surface area contributed by atoms with Crippen molar-refractivity contribution in [1.29, 1.82) is 0 Å². The first-order valence-electron chi connectivity index (χ1n) is 7.01. The van der Waals surface area contributed by atoms with Gasteiger partial charge in [-0.2, -0.15) is 4.98 Å². The number of primary amides is 1. The molecule has 23 heavy (non-hydrogen) atoms. The molecule has 1 aromatic carbocycles. The molecule has 0 fully saturated rings. The minimum atomic E-state index is -0.969. The van der Waals surface area contributed by atoms with Crippen molar-refractivity contribution in [3.8, 4) is 0 Å². The van der Waals surface area contributed by atoms with Gasteiger partial charge in [0.05, 0.1) is 11.5 Å². The number of H-pyrrole nitrogens is 1. The number of hydrogen-bond acceptors (Lipinski definition) is 5. The van der Waals surface area contributed by atoms with Crippen molar-refractivity contribution in [2.24, 2.45) is 5.73 Å². The van der Waals surface area contributed by atoms with E-state index < -0.39 is 23.3 Å². The van der Waals surface area contributed by atoms with Gasteiger partial charge in [0.1, 0.15) is 5.82 Å². The summed E-state index contributed by atoms with van der Waals surface area (Å²) in [5, 5.41) is 5.45. The molecule has 0 radical (unpaired) electrons. The quantitative estimate of drug-likeness (QED) is 0.663. The first-order chi connectivity index (χ1) is 10.9. The summed E-state index contributed by atoms with van der Waals surface area (Å²) in [6, 6.07) is 7.48. The minimum Gasteiger partial charge on any atom is -0.369 e. The van der Waals surface area contributed by atoms with Gasteiger partial charge >= 0.3 is 0 Å². The van der Waals surface area contributed by atoms with Crippen LogP contribution in [-0.4, -0.2) is 21.8 Å². The van der Waals surface area contributed by atoms with Gasteiger partial charge in [0, 0.05) is 12.1 Å². The van der Waals surface area contributed by atoms with Crippen LogP contribution in [0.3, 0.4) is 0 Å². The minimum absolute atomic E-state index is 0.0587. The molecule has 1 aliphatic rings. The van der Waals surface area contributed by atoms with Crippen LogP contribution in [-0.2, 0) is 9.59 Å². The number of hydrogen-bond donors (Lipinski definition) is 4. The zero-order chi connectivity index (χ0) is 16.6. The van der Waals surface area contributed by atoms with Gasteiger partial charge in [-0.05, 0) is 19.1 Å².